The lowest BCUT2D eigenvalue weighted by Gasteiger charge is -2.25. The highest BCUT2D eigenvalue weighted by atomic mass is 32.1. The van der Waals surface area contributed by atoms with Gasteiger partial charge in [-0.3, -0.25) is 14.4 Å². The molecule has 1 N–H and O–H groups in total. The first-order valence-electron chi connectivity index (χ1n) is 9.29. The quantitative estimate of drug-likeness (QED) is 0.541. The van der Waals surface area contributed by atoms with Gasteiger partial charge in [0.05, 0.1) is 18.1 Å². The highest BCUT2D eigenvalue weighted by Gasteiger charge is 2.16. The minimum atomic E-state index is -0.0801. The molecule has 7 heteroatoms. The van der Waals surface area contributed by atoms with Gasteiger partial charge < -0.3 is 4.98 Å². The lowest BCUT2D eigenvalue weighted by Crippen LogP contribution is -2.31. The van der Waals surface area contributed by atoms with E-state index in [9.17, 15) is 4.79 Å². The molecule has 4 aromatic rings. The van der Waals surface area contributed by atoms with Crippen LogP contribution in [0.3, 0.4) is 0 Å². The number of nitrogens with one attached hydrogen (secondary N) is 1. The molecule has 3 heterocycles. The molecule has 0 spiro atoms. The molecule has 0 bridgehead atoms. The van der Waals surface area contributed by atoms with E-state index in [4.69, 9.17) is 4.98 Å². The van der Waals surface area contributed by atoms with Crippen molar-refractivity contribution in [2.24, 2.45) is 7.05 Å². The van der Waals surface area contributed by atoms with E-state index < -0.39 is 0 Å². The summed E-state index contributed by atoms with van der Waals surface area (Å²) in [4.78, 5) is 24.5. The first-order valence-corrected chi connectivity index (χ1v) is 10.1. The molecular weight excluding hydrogens is 370 g/mol. The first kappa shape index (κ1) is 18.6. The zero-order valence-electron chi connectivity index (χ0n) is 16.2. The first-order chi connectivity index (χ1) is 13.5. The summed E-state index contributed by atoms with van der Waals surface area (Å²) in [6.45, 7) is 5.63. The summed E-state index contributed by atoms with van der Waals surface area (Å²) in [6, 6.07) is 12.3. The third kappa shape index (κ3) is 3.90. The zero-order chi connectivity index (χ0) is 19.7. The number of hydrogen-bond donors (Lipinski definition) is 1. The van der Waals surface area contributed by atoms with Gasteiger partial charge in [-0.2, -0.15) is 5.10 Å². The van der Waals surface area contributed by atoms with Gasteiger partial charge >= 0.3 is 0 Å². The number of H-pyrrole nitrogens is 1. The van der Waals surface area contributed by atoms with E-state index >= 15 is 0 Å². The van der Waals surface area contributed by atoms with Crippen LogP contribution in [-0.4, -0.2) is 30.7 Å². The van der Waals surface area contributed by atoms with Crippen LogP contribution >= 0.6 is 11.3 Å². The lowest BCUT2D eigenvalue weighted by atomic mass is 10.2. The molecular formula is C21H23N5OS. The summed E-state index contributed by atoms with van der Waals surface area (Å²) >= 11 is 1.56. The SMILES string of the molecule is CC(C)N(Cc1cnn(C)c1)Cc1nc2sc(-c3ccccc3)cc2c(=O)[nH]1. The topological polar surface area (TPSA) is 66.8 Å². The average Bonchev–Trinajstić information content (AvgIpc) is 3.28. The molecule has 1 aromatic carbocycles. The number of aryl methyl sites for hydroxylation is 1. The Morgan fingerprint density at radius 2 is 2.00 bits per heavy atom. The van der Waals surface area contributed by atoms with Crippen molar-refractivity contribution in [1.29, 1.82) is 0 Å². The fraction of sp³-hybridized carbons (Fsp3) is 0.286. The fourth-order valence-electron chi connectivity index (χ4n) is 3.20. The van der Waals surface area contributed by atoms with Gasteiger partial charge in [-0.1, -0.05) is 30.3 Å². The number of benzene rings is 1. The van der Waals surface area contributed by atoms with Crippen LogP contribution in [0.5, 0.6) is 0 Å². The summed E-state index contributed by atoms with van der Waals surface area (Å²) in [6.07, 6.45) is 3.89. The molecule has 6 nitrogen and oxygen atoms in total. The molecule has 0 atom stereocenters. The van der Waals surface area contributed by atoms with E-state index in [2.05, 4.69) is 28.8 Å². The van der Waals surface area contributed by atoms with Crippen molar-refractivity contribution >= 4 is 21.6 Å². The van der Waals surface area contributed by atoms with E-state index in [0.717, 1.165) is 27.4 Å². The largest absolute Gasteiger partial charge is 0.309 e. The molecule has 3 aromatic heterocycles. The van der Waals surface area contributed by atoms with Crippen molar-refractivity contribution in [3.05, 3.63) is 70.5 Å². The normalized spacial score (nSPS) is 11.8. The number of thiophene rings is 1. The molecule has 0 fully saturated rings. The summed E-state index contributed by atoms with van der Waals surface area (Å²) in [7, 11) is 1.91. The lowest BCUT2D eigenvalue weighted by molar-refractivity contribution is 0.198. The summed E-state index contributed by atoms with van der Waals surface area (Å²) < 4.78 is 1.80. The van der Waals surface area contributed by atoms with Gasteiger partial charge in [0.2, 0.25) is 0 Å². The average molecular weight is 394 g/mol. The van der Waals surface area contributed by atoms with Gasteiger partial charge in [-0.25, -0.2) is 4.98 Å². The summed E-state index contributed by atoms with van der Waals surface area (Å²) in [5.41, 5.74) is 2.16. The maximum Gasteiger partial charge on any atom is 0.259 e. The van der Waals surface area contributed by atoms with Crippen LogP contribution in [0.25, 0.3) is 20.7 Å². The number of aromatic nitrogens is 4. The van der Waals surface area contributed by atoms with Crippen LogP contribution in [0.1, 0.15) is 25.2 Å². The molecule has 0 aliphatic carbocycles. The van der Waals surface area contributed by atoms with Crippen molar-refractivity contribution in [2.45, 2.75) is 33.0 Å². The van der Waals surface area contributed by atoms with Crippen LogP contribution in [0.2, 0.25) is 0 Å². The Morgan fingerprint density at radius 3 is 2.68 bits per heavy atom. The number of nitrogens with zero attached hydrogens (tertiary/aromatic N) is 4. The smallest absolute Gasteiger partial charge is 0.259 e. The minimum absolute atomic E-state index is 0.0801. The van der Waals surface area contributed by atoms with Crippen LogP contribution < -0.4 is 5.56 Å². The van der Waals surface area contributed by atoms with Crippen molar-refractivity contribution in [1.82, 2.24) is 24.6 Å². The number of aromatic amines is 1. The van der Waals surface area contributed by atoms with E-state index in [0.29, 0.717) is 23.8 Å². The Balaban J connectivity index is 1.63. The van der Waals surface area contributed by atoms with Crippen LogP contribution in [0, 0.1) is 0 Å². The standard InChI is InChI=1S/C21H23N5OS/c1-14(2)26(12-15-10-22-25(3)11-15)13-19-23-20(27)17-9-18(28-21(17)24-19)16-7-5-4-6-8-16/h4-11,14H,12-13H2,1-3H3,(H,23,24,27). The van der Waals surface area contributed by atoms with Gasteiger partial charge in [-0.15, -0.1) is 11.3 Å². The van der Waals surface area contributed by atoms with Crippen LogP contribution in [-0.2, 0) is 20.1 Å². The molecule has 0 aliphatic heterocycles. The Morgan fingerprint density at radius 1 is 1.21 bits per heavy atom. The highest BCUT2D eigenvalue weighted by molar-refractivity contribution is 7.21. The second kappa shape index (κ2) is 7.69. The Hall–Kier alpha value is -2.77. The van der Waals surface area contributed by atoms with Crippen molar-refractivity contribution in [3.63, 3.8) is 0 Å². The predicted molar refractivity (Wildman–Crippen MR) is 113 cm³/mol. The van der Waals surface area contributed by atoms with Gasteiger partial charge in [0.25, 0.3) is 5.56 Å². The second-order valence-corrected chi connectivity index (χ2v) is 8.26. The van der Waals surface area contributed by atoms with E-state index in [-0.39, 0.29) is 5.56 Å². The molecule has 4 rings (SSSR count). The Bertz CT molecular complexity index is 1140. The van der Waals surface area contributed by atoms with Crippen molar-refractivity contribution in [2.75, 3.05) is 0 Å². The number of rotatable bonds is 6. The van der Waals surface area contributed by atoms with E-state index in [1.165, 1.54) is 0 Å². The Kier molecular flexibility index (Phi) is 5.11. The number of fused-ring (bicyclic) bond motifs is 1. The van der Waals surface area contributed by atoms with Gasteiger partial charge in [0.15, 0.2) is 0 Å². The minimum Gasteiger partial charge on any atom is -0.309 e. The molecule has 28 heavy (non-hydrogen) atoms. The van der Waals surface area contributed by atoms with Gasteiger partial charge in [0, 0.05) is 36.3 Å². The van der Waals surface area contributed by atoms with Crippen molar-refractivity contribution < 1.29 is 0 Å². The third-order valence-electron chi connectivity index (χ3n) is 4.74. The molecule has 0 saturated carbocycles. The maximum atomic E-state index is 12.6. The van der Waals surface area contributed by atoms with Gasteiger partial charge in [-0.05, 0) is 25.5 Å². The fourth-order valence-corrected chi connectivity index (χ4v) is 4.25. The van der Waals surface area contributed by atoms with Crippen LogP contribution in [0.15, 0.2) is 53.6 Å². The van der Waals surface area contributed by atoms with Crippen molar-refractivity contribution in [3.8, 4) is 10.4 Å². The van der Waals surface area contributed by atoms with Crippen LogP contribution in [0.4, 0.5) is 0 Å². The molecule has 0 unspecified atom stereocenters. The van der Waals surface area contributed by atoms with E-state index in [1.54, 1.807) is 16.0 Å². The van der Waals surface area contributed by atoms with Gasteiger partial charge in [0.1, 0.15) is 10.7 Å². The number of hydrogen-bond acceptors (Lipinski definition) is 5. The summed E-state index contributed by atoms with van der Waals surface area (Å²) in [5.74, 6) is 0.691. The maximum absolute atomic E-state index is 12.6. The molecule has 0 saturated heterocycles. The third-order valence-corrected chi connectivity index (χ3v) is 5.81. The Labute approximate surface area is 167 Å². The van der Waals surface area contributed by atoms with E-state index in [1.807, 2.05) is 55.8 Å². The second-order valence-electron chi connectivity index (χ2n) is 7.23. The zero-order valence-corrected chi connectivity index (χ0v) is 17.0. The highest BCUT2D eigenvalue weighted by Crippen LogP contribution is 2.30. The predicted octanol–water partition coefficient (Wildman–Crippen LogP) is 3.80. The summed E-state index contributed by atoms with van der Waals surface area (Å²) in [5, 5.41) is 4.89. The molecule has 0 aliphatic rings. The molecule has 0 radical (unpaired) electrons. The molecule has 0 amide bonds. The molecule has 144 valence electrons. The monoisotopic (exact) mass is 393 g/mol.